The second-order valence-corrected chi connectivity index (χ2v) is 5.64. The average molecular weight is 287 g/mol. The molecule has 3 aromatic rings. The third kappa shape index (κ3) is 2.08. The second kappa shape index (κ2) is 4.72. The summed E-state index contributed by atoms with van der Waals surface area (Å²) in [6.07, 6.45) is 3.24. The molecule has 102 valence electrons. The molecular weight excluding hydrogens is 274 g/mol. The molecule has 0 unspecified atom stereocenters. The fraction of sp³-hybridized carbons (Fsp3) is 0.214. The zero-order valence-electron chi connectivity index (χ0n) is 11.2. The molecule has 0 fully saturated rings. The summed E-state index contributed by atoms with van der Waals surface area (Å²) in [5.41, 5.74) is 2.43. The van der Waals surface area contributed by atoms with Crippen LogP contribution in [0.25, 0.3) is 10.2 Å². The summed E-state index contributed by atoms with van der Waals surface area (Å²) >= 11 is 1.41. The molecule has 5 nitrogen and oxygen atoms in total. The molecule has 3 aromatic heterocycles. The topological polar surface area (TPSA) is 56.9 Å². The lowest BCUT2D eigenvalue weighted by atomic mass is 10.2. The second-order valence-electron chi connectivity index (χ2n) is 4.76. The molecule has 0 saturated heterocycles. The molecule has 0 saturated carbocycles. The van der Waals surface area contributed by atoms with Crippen LogP contribution in [-0.4, -0.2) is 14.1 Å². The van der Waals surface area contributed by atoms with E-state index in [-0.39, 0.29) is 11.1 Å². The van der Waals surface area contributed by atoms with Crippen molar-refractivity contribution in [2.75, 3.05) is 0 Å². The first-order valence-electron chi connectivity index (χ1n) is 6.15. The number of aryl methyl sites for hydroxylation is 2. The normalized spacial score (nSPS) is 11.1. The molecule has 20 heavy (non-hydrogen) atoms. The van der Waals surface area contributed by atoms with Gasteiger partial charge in [0.1, 0.15) is 4.70 Å². The summed E-state index contributed by atoms with van der Waals surface area (Å²) in [7, 11) is 1.69. The number of fused-ring (bicyclic) bond motifs is 1. The van der Waals surface area contributed by atoms with Gasteiger partial charge in [-0.25, -0.2) is 4.98 Å². The summed E-state index contributed by atoms with van der Waals surface area (Å²) in [5, 5.41) is 1.93. The van der Waals surface area contributed by atoms with Crippen LogP contribution in [0.5, 0.6) is 0 Å². The molecule has 0 aliphatic carbocycles. The van der Waals surface area contributed by atoms with E-state index in [1.165, 1.54) is 26.5 Å². The Morgan fingerprint density at radius 3 is 2.90 bits per heavy atom. The van der Waals surface area contributed by atoms with Crippen LogP contribution >= 0.6 is 11.3 Å². The first-order valence-corrected chi connectivity index (χ1v) is 7.03. The maximum atomic E-state index is 12.3. The quantitative estimate of drug-likeness (QED) is 0.718. The highest BCUT2D eigenvalue weighted by Crippen LogP contribution is 2.19. The third-order valence-corrected chi connectivity index (χ3v) is 4.32. The van der Waals surface area contributed by atoms with Gasteiger partial charge in [-0.2, -0.15) is 0 Å². The van der Waals surface area contributed by atoms with Crippen LogP contribution in [0.4, 0.5) is 0 Å². The van der Waals surface area contributed by atoms with E-state index in [1.807, 2.05) is 18.4 Å². The molecule has 0 spiro atoms. The largest absolute Gasteiger partial charge is 0.319 e. The first-order chi connectivity index (χ1) is 9.56. The molecular formula is C14H13N3O2S. The summed E-state index contributed by atoms with van der Waals surface area (Å²) < 4.78 is 3.69. The van der Waals surface area contributed by atoms with Crippen LogP contribution in [0, 0.1) is 6.92 Å². The van der Waals surface area contributed by atoms with Crippen molar-refractivity contribution in [3.05, 3.63) is 61.9 Å². The molecule has 0 aliphatic heterocycles. The van der Waals surface area contributed by atoms with Gasteiger partial charge in [-0.15, -0.1) is 11.3 Å². The summed E-state index contributed by atoms with van der Waals surface area (Å²) in [6.45, 7) is 2.30. The van der Waals surface area contributed by atoms with Crippen LogP contribution in [0.1, 0.15) is 11.1 Å². The van der Waals surface area contributed by atoms with Gasteiger partial charge >= 0.3 is 0 Å². The number of aromatic nitrogens is 3. The van der Waals surface area contributed by atoms with Crippen LogP contribution < -0.4 is 11.1 Å². The number of thiophene rings is 1. The number of pyridine rings is 1. The van der Waals surface area contributed by atoms with Crippen molar-refractivity contribution in [1.82, 2.24) is 14.1 Å². The standard InChI is InChI=1S/C14H13N3O2S/c1-9-7-20-13-12(9)15-8-17(14(13)19)6-10-3-4-16(2)11(18)5-10/h3-5,7-8H,6H2,1-2H3. The highest BCUT2D eigenvalue weighted by molar-refractivity contribution is 7.17. The first kappa shape index (κ1) is 12.8. The Bertz CT molecular complexity index is 905. The predicted molar refractivity (Wildman–Crippen MR) is 79.4 cm³/mol. The lowest BCUT2D eigenvalue weighted by Gasteiger charge is -2.06. The zero-order chi connectivity index (χ0) is 14.3. The Balaban J connectivity index is 2.06. The van der Waals surface area contributed by atoms with Gasteiger partial charge in [-0.1, -0.05) is 0 Å². The fourth-order valence-corrected chi connectivity index (χ4v) is 3.01. The van der Waals surface area contributed by atoms with E-state index >= 15 is 0 Å². The van der Waals surface area contributed by atoms with Crippen molar-refractivity contribution >= 4 is 21.6 Å². The SMILES string of the molecule is Cc1csc2c(=O)n(Cc3ccn(C)c(=O)c3)cnc12. The van der Waals surface area contributed by atoms with Gasteiger partial charge in [-0.3, -0.25) is 14.2 Å². The third-order valence-electron chi connectivity index (χ3n) is 3.25. The number of nitrogens with zero attached hydrogens (tertiary/aromatic N) is 3. The van der Waals surface area contributed by atoms with Crippen LogP contribution in [0.2, 0.25) is 0 Å². The van der Waals surface area contributed by atoms with Crippen molar-refractivity contribution in [3.63, 3.8) is 0 Å². The van der Waals surface area contributed by atoms with E-state index in [4.69, 9.17) is 0 Å². The maximum Gasteiger partial charge on any atom is 0.271 e. The van der Waals surface area contributed by atoms with E-state index < -0.39 is 0 Å². The number of rotatable bonds is 2. The highest BCUT2D eigenvalue weighted by Gasteiger charge is 2.08. The van der Waals surface area contributed by atoms with Gasteiger partial charge < -0.3 is 4.57 Å². The Kier molecular flexibility index (Phi) is 3.02. The van der Waals surface area contributed by atoms with E-state index in [2.05, 4.69) is 4.98 Å². The minimum absolute atomic E-state index is 0.0613. The fourth-order valence-electron chi connectivity index (χ4n) is 2.06. The van der Waals surface area contributed by atoms with Gasteiger partial charge in [-0.05, 0) is 29.5 Å². The smallest absolute Gasteiger partial charge is 0.271 e. The van der Waals surface area contributed by atoms with Crippen molar-refractivity contribution in [2.45, 2.75) is 13.5 Å². The molecule has 0 bridgehead atoms. The van der Waals surface area contributed by atoms with Gasteiger partial charge in [0.15, 0.2) is 0 Å². The lowest BCUT2D eigenvalue weighted by molar-refractivity contribution is 0.740. The monoisotopic (exact) mass is 287 g/mol. The van der Waals surface area contributed by atoms with Gasteiger partial charge in [0, 0.05) is 19.3 Å². The van der Waals surface area contributed by atoms with Crippen molar-refractivity contribution < 1.29 is 0 Å². The molecule has 0 aromatic carbocycles. The number of hydrogen-bond acceptors (Lipinski definition) is 4. The molecule has 0 radical (unpaired) electrons. The van der Waals surface area contributed by atoms with Crippen molar-refractivity contribution in [1.29, 1.82) is 0 Å². The lowest BCUT2D eigenvalue weighted by Crippen LogP contribution is -2.22. The Hall–Kier alpha value is -2.21. The van der Waals surface area contributed by atoms with Crippen molar-refractivity contribution in [3.8, 4) is 0 Å². The molecule has 6 heteroatoms. The van der Waals surface area contributed by atoms with E-state index in [1.54, 1.807) is 19.6 Å². The molecule has 3 rings (SSSR count). The summed E-state index contributed by atoms with van der Waals surface area (Å²) in [6, 6.07) is 3.37. The van der Waals surface area contributed by atoms with Gasteiger partial charge in [0.2, 0.25) is 0 Å². The molecule has 3 heterocycles. The predicted octanol–water partition coefficient (Wildman–Crippen LogP) is 1.51. The number of hydrogen-bond donors (Lipinski definition) is 0. The molecule has 0 amide bonds. The minimum atomic E-state index is -0.0865. The van der Waals surface area contributed by atoms with Crippen LogP contribution in [0.3, 0.4) is 0 Å². The van der Waals surface area contributed by atoms with Crippen molar-refractivity contribution in [2.24, 2.45) is 7.05 Å². The van der Waals surface area contributed by atoms with Gasteiger partial charge in [0.05, 0.1) is 18.4 Å². The maximum absolute atomic E-state index is 12.3. The van der Waals surface area contributed by atoms with Crippen LogP contribution in [0.15, 0.2) is 39.6 Å². The van der Waals surface area contributed by atoms with E-state index in [9.17, 15) is 9.59 Å². The van der Waals surface area contributed by atoms with Gasteiger partial charge in [0.25, 0.3) is 11.1 Å². The Morgan fingerprint density at radius 1 is 1.35 bits per heavy atom. The molecule has 0 aliphatic rings. The molecule has 0 N–H and O–H groups in total. The summed E-state index contributed by atoms with van der Waals surface area (Å²) in [4.78, 5) is 28.3. The summed E-state index contributed by atoms with van der Waals surface area (Å²) in [5.74, 6) is 0. The minimum Gasteiger partial charge on any atom is -0.319 e. The zero-order valence-corrected chi connectivity index (χ0v) is 12.0. The van der Waals surface area contributed by atoms with E-state index in [0.29, 0.717) is 11.2 Å². The average Bonchev–Trinajstić information content (AvgIpc) is 2.80. The highest BCUT2D eigenvalue weighted by atomic mass is 32.1. The molecule has 0 atom stereocenters. The Morgan fingerprint density at radius 2 is 2.15 bits per heavy atom. The van der Waals surface area contributed by atoms with Crippen LogP contribution in [-0.2, 0) is 13.6 Å². The Labute approximate surface area is 118 Å². The van der Waals surface area contributed by atoms with E-state index in [0.717, 1.165) is 16.6 Å².